The van der Waals surface area contributed by atoms with E-state index in [1.54, 1.807) is 36.4 Å². The summed E-state index contributed by atoms with van der Waals surface area (Å²) in [7, 11) is -3.92. The number of hydrogen-bond donors (Lipinski definition) is 1. The van der Waals surface area contributed by atoms with Crippen LogP contribution >= 0.6 is 0 Å². The number of sulfonamides is 1. The summed E-state index contributed by atoms with van der Waals surface area (Å²) in [5.41, 5.74) is 0.581. The standard InChI is InChI=1S/C50H51F3N4O8S/c1-2-10-40(58)31-17-15-30(16-18-31)25-33-11-6-4-3-5-7-12-35-27-49(35,48(61)56-66(62,63)37-23-24-37)28-41(59)39-26-36(29-57(39)47(33)60)64-46-44-43(38-13-8-9-14-42(38)65-44)54-45(55-46)32-19-21-34(22-20-32)50(51,52)53/h7-9,12-22,33,35-37,39H,2-6,10-11,23-29H2,1H3,(H,56,61)/b12-7-/t33-,35-,36-,39+,49-/m1/s1. The molecule has 1 N–H and O–H groups in total. The lowest BCUT2D eigenvalue weighted by molar-refractivity contribution is -0.142. The Morgan fingerprint density at radius 2 is 1.71 bits per heavy atom. The molecule has 346 valence electrons. The number of para-hydroxylation sites is 1. The lowest BCUT2D eigenvalue weighted by Gasteiger charge is -2.29. The second-order valence-electron chi connectivity index (χ2n) is 18.3. The van der Waals surface area contributed by atoms with Gasteiger partial charge in [0.25, 0.3) is 5.88 Å². The molecule has 0 unspecified atom stereocenters. The molecule has 5 aromatic rings. The fourth-order valence-corrected chi connectivity index (χ4v) is 10.9. The molecule has 4 heterocycles. The number of nitrogens with one attached hydrogen (secondary N) is 1. The largest absolute Gasteiger partial charge is 0.470 e. The van der Waals surface area contributed by atoms with Crippen LogP contribution in [0.2, 0.25) is 0 Å². The van der Waals surface area contributed by atoms with Crippen LogP contribution in [0.4, 0.5) is 13.2 Å². The van der Waals surface area contributed by atoms with Crippen molar-refractivity contribution >= 4 is 55.5 Å². The number of rotatable bonds is 11. The van der Waals surface area contributed by atoms with E-state index in [1.165, 1.54) is 17.0 Å². The fourth-order valence-electron chi connectivity index (χ4n) is 9.54. The monoisotopic (exact) mass is 924 g/mol. The van der Waals surface area contributed by atoms with Gasteiger partial charge in [-0.1, -0.05) is 80.4 Å². The Labute approximate surface area is 380 Å². The highest BCUT2D eigenvalue weighted by Crippen LogP contribution is 2.57. The highest BCUT2D eigenvalue weighted by Gasteiger charge is 2.61. The van der Waals surface area contributed by atoms with E-state index in [0.717, 1.165) is 49.8 Å². The minimum atomic E-state index is -4.55. The van der Waals surface area contributed by atoms with Crippen molar-refractivity contribution in [2.45, 2.75) is 114 Å². The van der Waals surface area contributed by atoms with Crippen LogP contribution in [-0.2, 0) is 37.0 Å². The fraction of sp³-hybridized carbons (Fsp3) is 0.440. The van der Waals surface area contributed by atoms with E-state index < -0.39 is 62.2 Å². The van der Waals surface area contributed by atoms with Crippen LogP contribution in [0.25, 0.3) is 33.5 Å². The molecule has 2 aliphatic heterocycles. The molecule has 2 saturated carbocycles. The number of carbonyl (C=O) groups excluding carboxylic acids is 4. The zero-order chi connectivity index (χ0) is 46.4. The molecule has 12 nitrogen and oxygen atoms in total. The van der Waals surface area contributed by atoms with Crippen molar-refractivity contribution in [3.8, 4) is 17.3 Å². The Bertz CT molecular complexity index is 2820. The van der Waals surface area contributed by atoms with Crippen LogP contribution in [0.5, 0.6) is 5.88 Å². The average Bonchev–Trinajstić information content (AvgIpc) is 4.20. The summed E-state index contributed by atoms with van der Waals surface area (Å²) >= 11 is 0. The molecule has 2 aromatic heterocycles. The number of carbonyl (C=O) groups is 4. The molecule has 2 amide bonds. The predicted octanol–water partition coefficient (Wildman–Crippen LogP) is 9.35. The maximum Gasteiger partial charge on any atom is 0.416 e. The highest BCUT2D eigenvalue weighted by molar-refractivity contribution is 7.90. The first-order valence-corrected chi connectivity index (χ1v) is 24.4. The van der Waals surface area contributed by atoms with Crippen LogP contribution in [0, 0.1) is 17.3 Å². The number of nitrogens with zero attached hydrogens (tertiary/aromatic N) is 3. The van der Waals surface area contributed by atoms with Gasteiger partial charge in [-0.3, -0.25) is 23.9 Å². The van der Waals surface area contributed by atoms with E-state index in [1.807, 2.05) is 31.2 Å². The maximum absolute atomic E-state index is 15.1. The van der Waals surface area contributed by atoms with Gasteiger partial charge in [-0.25, -0.2) is 13.4 Å². The molecule has 0 radical (unpaired) electrons. The number of halogens is 3. The molecule has 1 saturated heterocycles. The molecular formula is C50H51F3N4O8S. The SMILES string of the molecule is CCCC(=O)c1ccc(C[C@H]2CCCCC/C=C\[C@@H]3C[C@@]3(C(=O)NS(=O)(=O)C3CC3)CC(=O)[C@@H]3C[C@@H](Oc4nc(-c5ccc(C(F)(F)F)cc5)nc5c4oc4ccccc45)CN3C2=O)cc1. The first-order chi connectivity index (χ1) is 31.6. The van der Waals surface area contributed by atoms with Crippen molar-refractivity contribution in [3.05, 3.63) is 102 Å². The molecule has 0 spiro atoms. The van der Waals surface area contributed by atoms with Gasteiger partial charge >= 0.3 is 6.18 Å². The van der Waals surface area contributed by atoms with Crippen molar-refractivity contribution in [1.82, 2.24) is 19.6 Å². The lowest BCUT2D eigenvalue weighted by Crippen LogP contribution is -2.46. The molecule has 66 heavy (non-hydrogen) atoms. The number of alkyl halides is 3. The van der Waals surface area contributed by atoms with Crippen LogP contribution in [0.1, 0.15) is 105 Å². The predicted molar refractivity (Wildman–Crippen MR) is 240 cm³/mol. The van der Waals surface area contributed by atoms with Crippen LogP contribution in [0.3, 0.4) is 0 Å². The third kappa shape index (κ3) is 9.38. The number of ketones is 2. The number of ether oxygens (including phenoxy) is 1. The van der Waals surface area contributed by atoms with E-state index in [0.29, 0.717) is 54.2 Å². The Morgan fingerprint density at radius 3 is 2.44 bits per heavy atom. The van der Waals surface area contributed by atoms with Gasteiger partial charge in [0.2, 0.25) is 27.4 Å². The first kappa shape index (κ1) is 45.3. The van der Waals surface area contributed by atoms with Gasteiger partial charge in [0, 0.05) is 41.7 Å². The van der Waals surface area contributed by atoms with Gasteiger partial charge < -0.3 is 14.1 Å². The summed E-state index contributed by atoms with van der Waals surface area (Å²) in [5, 5.41) is -0.0302. The van der Waals surface area contributed by atoms with Gasteiger partial charge in [0.15, 0.2) is 17.4 Å². The van der Waals surface area contributed by atoms with E-state index in [2.05, 4.69) is 9.71 Å². The zero-order valence-electron chi connectivity index (χ0n) is 36.5. The van der Waals surface area contributed by atoms with Crippen LogP contribution in [-0.4, -0.2) is 70.6 Å². The number of fused-ring (bicyclic) bond motifs is 5. The van der Waals surface area contributed by atoms with E-state index in [9.17, 15) is 36.0 Å². The Balaban J connectivity index is 1.07. The Hall–Kier alpha value is -5.90. The third-order valence-electron chi connectivity index (χ3n) is 13.5. The van der Waals surface area contributed by atoms with Crippen molar-refractivity contribution in [1.29, 1.82) is 0 Å². The Morgan fingerprint density at radius 1 is 0.955 bits per heavy atom. The van der Waals surface area contributed by atoms with Crippen molar-refractivity contribution < 1.29 is 49.9 Å². The molecule has 4 aliphatic rings. The molecule has 16 heteroatoms. The summed E-state index contributed by atoms with van der Waals surface area (Å²) in [6, 6.07) is 17.8. The molecule has 3 aromatic carbocycles. The molecular weight excluding hydrogens is 874 g/mol. The zero-order valence-corrected chi connectivity index (χ0v) is 37.3. The van der Waals surface area contributed by atoms with Gasteiger partial charge in [-0.05, 0) is 87.1 Å². The number of benzene rings is 3. The third-order valence-corrected chi connectivity index (χ3v) is 15.3. The van der Waals surface area contributed by atoms with E-state index in [4.69, 9.17) is 14.1 Å². The van der Waals surface area contributed by atoms with Crippen LogP contribution in [0.15, 0.2) is 89.4 Å². The van der Waals surface area contributed by atoms with Gasteiger partial charge in [0.1, 0.15) is 17.2 Å². The second kappa shape index (κ2) is 18.1. The topological polar surface area (TPSA) is 166 Å². The minimum absolute atomic E-state index is 0.00540. The van der Waals surface area contributed by atoms with E-state index >= 15 is 4.79 Å². The van der Waals surface area contributed by atoms with Gasteiger partial charge in [-0.15, -0.1) is 0 Å². The Kier molecular flexibility index (Phi) is 12.4. The number of hydrogen-bond acceptors (Lipinski definition) is 10. The number of Topliss-reactive ketones (excluding diaryl/α,β-unsaturated/α-hetero) is 2. The summed E-state index contributed by atoms with van der Waals surface area (Å²) in [6.45, 7) is 1.90. The summed E-state index contributed by atoms with van der Waals surface area (Å²) < 4.78 is 81.8. The smallest absolute Gasteiger partial charge is 0.416 e. The molecule has 5 atom stereocenters. The molecule has 0 bridgehead atoms. The van der Waals surface area contributed by atoms with Crippen molar-refractivity contribution in [2.24, 2.45) is 17.3 Å². The lowest BCUT2D eigenvalue weighted by atomic mass is 9.89. The summed E-state index contributed by atoms with van der Waals surface area (Å²) in [5.74, 6) is -2.24. The number of aromatic nitrogens is 2. The summed E-state index contributed by atoms with van der Waals surface area (Å²) in [4.78, 5) is 67.5. The average molecular weight is 925 g/mol. The molecule has 9 rings (SSSR count). The second-order valence-corrected chi connectivity index (χ2v) is 20.3. The normalized spacial score (nSPS) is 24.6. The number of furan rings is 1. The summed E-state index contributed by atoms with van der Waals surface area (Å²) in [6.07, 6.45) is 4.55. The number of amides is 2. The maximum atomic E-state index is 15.1. The molecule has 3 fully saturated rings. The van der Waals surface area contributed by atoms with Crippen molar-refractivity contribution in [3.63, 3.8) is 0 Å². The van der Waals surface area contributed by atoms with Crippen LogP contribution < -0.4 is 9.46 Å². The highest BCUT2D eigenvalue weighted by atomic mass is 32.2. The van der Waals surface area contributed by atoms with Crippen molar-refractivity contribution in [2.75, 3.05) is 6.54 Å². The quantitative estimate of drug-likeness (QED) is 0.0997. The number of allylic oxidation sites excluding steroid dienone is 2. The van der Waals surface area contributed by atoms with E-state index in [-0.39, 0.29) is 66.3 Å². The minimum Gasteiger partial charge on any atom is -0.470 e. The molecule has 2 aliphatic carbocycles. The van der Waals surface area contributed by atoms with Gasteiger partial charge in [0.05, 0.1) is 28.8 Å². The van der Waals surface area contributed by atoms with Gasteiger partial charge in [-0.2, -0.15) is 18.2 Å². The first-order valence-electron chi connectivity index (χ1n) is 22.8.